The minimum atomic E-state index is -0.148. The first-order chi connectivity index (χ1) is 11.4. The highest BCUT2D eigenvalue weighted by Gasteiger charge is 2.30. The van der Waals surface area contributed by atoms with E-state index in [2.05, 4.69) is 16.0 Å². The van der Waals surface area contributed by atoms with Gasteiger partial charge < -0.3 is 16.0 Å². The maximum atomic E-state index is 12.3. The van der Waals surface area contributed by atoms with Crippen LogP contribution in [0.4, 0.5) is 5.69 Å². The number of rotatable bonds is 5. The van der Waals surface area contributed by atoms with Crippen molar-refractivity contribution in [2.75, 3.05) is 18.9 Å². The zero-order valence-corrected chi connectivity index (χ0v) is 15.3. The number of hydrogen-bond donors (Lipinski definition) is 3. The van der Waals surface area contributed by atoms with Gasteiger partial charge in [-0.1, -0.05) is 30.5 Å². The molecule has 2 atom stereocenters. The first-order valence-corrected chi connectivity index (χ1v) is 8.81. The number of carbonyl (C=O) groups excluding carboxylic acids is 2. The van der Waals surface area contributed by atoms with E-state index in [4.69, 9.17) is 11.6 Å². The molecular weight excluding hydrogens is 326 g/mol. The molecule has 0 heterocycles. The van der Waals surface area contributed by atoms with Crippen molar-refractivity contribution in [3.05, 3.63) is 28.3 Å². The van der Waals surface area contributed by atoms with Gasteiger partial charge in [0.25, 0.3) is 0 Å². The van der Waals surface area contributed by atoms with Crippen LogP contribution in [0.1, 0.15) is 36.8 Å². The zero-order chi connectivity index (χ0) is 17.7. The molecule has 6 heteroatoms. The van der Waals surface area contributed by atoms with Gasteiger partial charge in [0.15, 0.2) is 0 Å². The number of nitrogens with one attached hydrogen (secondary N) is 3. The van der Waals surface area contributed by atoms with Gasteiger partial charge in [-0.15, -0.1) is 0 Å². The van der Waals surface area contributed by atoms with Crippen LogP contribution in [-0.4, -0.2) is 31.4 Å². The van der Waals surface area contributed by atoms with Crippen LogP contribution in [0.3, 0.4) is 0 Å². The highest BCUT2D eigenvalue weighted by molar-refractivity contribution is 6.34. The van der Waals surface area contributed by atoms with Crippen LogP contribution in [0.2, 0.25) is 5.02 Å². The Labute approximate surface area is 148 Å². The summed E-state index contributed by atoms with van der Waals surface area (Å²) in [5.41, 5.74) is 2.65. The van der Waals surface area contributed by atoms with E-state index in [-0.39, 0.29) is 30.3 Å². The Bertz CT molecular complexity index is 595. The van der Waals surface area contributed by atoms with Gasteiger partial charge in [-0.05, 0) is 43.9 Å². The number of carbonyl (C=O) groups is 2. The predicted molar refractivity (Wildman–Crippen MR) is 97.4 cm³/mol. The van der Waals surface area contributed by atoms with E-state index < -0.39 is 0 Å². The number of aryl methyl sites for hydroxylation is 2. The van der Waals surface area contributed by atoms with E-state index >= 15 is 0 Å². The van der Waals surface area contributed by atoms with Crippen LogP contribution in [0, 0.1) is 19.8 Å². The lowest BCUT2D eigenvalue weighted by Gasteiger charge is -2.30. The van der Waals surface area contributed by atoms with Crippen LogP contribution in [0.5, 0.6) is 0 Å². The fourth-order valence-electron chi connectivity index (χ4n) is 3.36. The molecule has 132 valence electrons. The first-order valence-electron chi connectivity index (χ1n) is 8.44. The van der Waals surface area contributed by atoms with Crippen molar-refractivity contribution in [1.29, 1.82) is 0 Å². The molecule has 3 N–H and O–H groups in total. The van der Waals surface area contributed by atoms with E-state index in [1.165, 1.54) is 0 Å². The smallest absolute Gasteiger partial charge is 0.238 e. The van der Waals surface area contributed by atoms with Gasteiger partial charge in [-0.25, -0.2) is 0 Å². The third-order valence-corrected chi connectivity index (χ3v) is 4.87. The fourth-order valence-corrected chi connectivity index (χ4v) is 3.72. The molecule has 1 aliphatic carbocycles. The van der Waals surface area contributed by atoms with E-state index in [0.29, 0.717) is 10.7 Å². The summed E-state index contributed by atoms with van der Waals surface area (Å²) in [5, 5.41) is 9.37. The van der Waals surface area contributed by atoms with Crippen LogP contribution in [0.15, 0.2) is 12.1 Å². The zero-order valence-electron chi connectivity index (χ0n) is 14.5. The highest BCUT2D eigenvalue weighted by Crippen LogP contribution is 2.27. The third kappa shape index (κ3) is 4.71. The minimum absolute atomic E-state index is 0.0408. The summed E-state index contributed by atoms with van der Waals surface area (Å²) in [4.78, 5) is 24.2. The second kappa shape index (κ2) is 8.49. The van der Waals surface area contributed by atoms with Gasteiger partial charge in [0.1, 0.15) is 0 Å². The lowest BCUT2D eigenvalue weighted by atomic mass is 9.84. The summed E-state index contributed by atoms with van der Waals surface area (Å²) >= 11 is 6.22. The second-order valence-electron chi connectivity index (χ2n) is 6.48. The molecule has 0 bridgehead atoms. The maximum absolute atomic E-state index is 12.3. The molecule has 1 aliphatic rings. The SMILES string of the molecule is CNC(=O)C1CCCCC1NCC(=O)Nc1c(C)cc(C)cc1Cl. The average Bonchev–Trinajstić information content (AvgIpc) is 2.55. The Hall–Kier alpha value is -1.59. The van der Waals surface area contributed by atoms with Gasteiger partial charge in [0, 0.05) is 13.1 Å². The number of anilines is 1. The van der Waals surface area contributed by atoms with Crippen molar-refractivity contribution in [2.45, 2.75) is 45.6 Å². The van der Waals surface area contributed by atoms with Crippen molar-refractivity contribution < 1.29 is 9.59 Å². The monoisotopic (exact) mass is 351 g/mol. The molecule has 0 spiro atoms. The van der Waals surface area contributed by atoms with E-state index in [0.717, 1.165) is 36.8 Å². The Morgan fingerprint density at radius 3 is 2.58 bits per heavy atom. The van der Waals surface area contributed by atoms with Crippen LogP contribution in [-0.2, 0) is 9.59 Å². The standard InChI is InChI=1S/C18H26ClN3O2/c1-11-8-12(2)17(14(19)9-11)22-16(23)10-21-15-7-5-4-6-13(15)18(24)20-3/h8-9,13,15,21H,4-7,10H2,1-3H3,(H,20,24)(H,22,23). The Morgan fingerprint density at radius 2 is 1.92 bits per heavy atom. The number of amides is 2. The van der Waals surface area contributed by atoms with E-state index in [9.17, 15) is 9.59 Å². The molecule has 2 unspecified atom stereocenters. The second-order valence-corrected chi connectivity index (χ2v) is 6.89. The van der Waals surface area contributed by atoms with Gasteiger partial charge in [-0.3, -0.25) is 9.59 Å². The van der Waals surface area contributed by atoms with Crippen LogP contribution in [0.25, 0.3) is 0 Å². The molecule has 1 saturated carbocycles. The highest BCUT2D eigenvalue weighted by atomic mass is 35.5. The largest absolute Gasteiger partial charge is 0.359 e. The average molecular weight is 352 g/mol. The number of benzene rings is 1. The molecule has 0 saturated heterocycles. The molecule has 1 aromatic rings. The van der Waals surface area contributed by atoms with Crippen LogP contribution < -0.4 is 16.0 Å². The Kier molecular flexibility index (Phi) is 6.63. The lowest BCUT2D eigenvalue weighted by molar-refractivity contribution is -0.126. The van der Waals surface area contributed by atoms with Crippen molar-refractivity contribution in [3.63, 3.8) is 0 Å². The van der Waals surface area contributed by atoms with Gasteiger partial charge in [-0.2, -0.15) is 0 Å². The number of hydrogen-bond acceptors (Lipinski definition) is 3. The summed E-state index contributed by atoms with van der Waals surface area (Å²) < 4.78 is 0. The van der Waals surface area contributed by atoms with E-state index in [1.807, 2.05) is 26.0 Å². The molecule has 2 amide bonds. The van der Waals surface area contributed by atoms with Crippen molar-refractivity contribution >= 4 is 29.1 Å². The van der Waals surface area contributed by atoms with Gasteiger partial charge in [0.2, 0.25) is 11.8 Å². The molecule has 1 aromatic carbocycles. The maximum Gasteiger partial charge on any atom is 0.238 e. The summed E-state index contributed by atoms with van der Waals surface area (Å²) in [5.74, 6) is -0.170. The normalized spacial score (nSPS) is 20.5. The summed E-state index contributed by atoms with van der Waals surface area (Å²) in [6.07, 6.45) is 3.91. The predicted octanol–water partition coefficient (Wildman–Crippen LogP) is 2.79. The summed E-state index contributed by atoms with van der Waals surface area (Å²) in [6.45, 7) is 4.06. The van der Waals surface area contributed by atoms with Crippen LogP contribution >= 0.6 is 11.6 Å². The van der Waals surface area contributed by atoms with E-state index in [1.54, 1.807) is 7.05 Å². The first kappa shape index (κ1) is 18.7. The van der Waals surface area contributed by atoms with Crippen molar-refractivity contribution in [2.24, 2.45) is 5.92 Å². The molecule has 1 fully saturated rings. The molecule has 0 aliphatic heterocycles. The lowest BCUT2D eigenvalue weighted by Crippen LogP contribution is -2.47. The fraction of sp³-hybridized carbons (Fsp3) is 0.556. The molecule has 24 heavy (non-hydrogen) atoms. The van der Waals surface area contributed by atoms with Gasteiger partial charge >= 0.3 is 0 Å². The summed E-state index contributed by atoms with van der Waals surface area (Å²) in [7, 11) is 1.66. The molecule has 2 rings (SSSR count). The number of halogens is 1. The molecule has 0 radical (unpaired) electrons. The Balaban J connectivity index is 1.94. The summed E-state index contributed by atoms with van der Waals surface area (Å²) in [6, 6.07) is 3.86. The molecular formula is C18H26ClN3O2. The Morgan fingerprint density at radius 1 is 1.21 bits per heavy atom. The van der Waals surface area contributed by atoms with Gasteiger partial charge in [0.05, 0.1) is 23.2 Å². The molecule has 0 aromatic heterocycles. The van der Waals surface area contributed by atoms with Crippen molar-refractivity contribution in [1.82, 2.24) is 10.6 Å². The topological polar surface area (TPSA) is 70.2 Å². The van der Waals surface area contributed by atoms with Crippen molar-refractivity contribution in [3.8, 4) is 0 Å². The third-order valence-electron chi connectivity index (χ3n) is 4.57. The molecule has 5 nitrogen and oxygen atoms in total. The minimum Gasteiger partial charge on any atom is -0.359 e. The quantitative estimate of drug-likeness (QED) is 0.764.